The van der Waals surface area contributed by atoms with Gasteiger partial charge in [0.15, 0.2) is 0 Å². The Morgan fingerprint density at radius 2 is 2.19 bits per heavy atom. The second-order valence-corrected chi connectivity index (χ2v) is 6.62. The molecule has 0 aliphatic carbocycles. The maximum Gasteiger partial charge on any atom is 0.261 e. The van der Waals surface area contributed by atoms with Gasteiger partial charge in [-0.05, 0) is 31.9 Å². The molecule has 0 aromatic carbocycles. The molecule has 118 valence electrons. The van der Waals surface area contributed by atoms with E-state index >= 15 is 0 Å². The van der Waals surface area contributed by atoms with E-state index in [2.05, 4.69) is 10.2 Å². The van der Waals surface area contributed by atoms with Crippen molar-refractivity contribution in [2.24, 2.45) is 0 Å². The number of rotatable bonds is 7. The Morgan fingerprint density at radius 3 is 2.81 bits per heavy atom. The number of aliphatic hydroxyl groups is 1. The smallest absolute Gasteiger partial charge is 0.261 e. The van der Waals surface area contributed by atoms with Gasteiger partial charge in [0.25, 0.3) is 5.91 Å². The van der Waals surface area contributed by atoms with Gasteiger partial charge in [0, 0.05) is 30.6 Å². The number of piperidine rings is 1. The summed E-state index contributed by atoms with van der Waals surface area (Å²) < 4.78 is 5.28. The normalized spacial score (nSPS) is 17.0. The number of nitrogens with one attached hydrogen (secondary N) is 1. The van der Waals surface area contributed by atoms with Crippen LogP contribution < -0.4 is 5.32 Å². The zero-order valence-corrected chi connectivity index (χ0v) is 13.3. The molecular formula is C15H24N2O3S. The van der Waals surface area contributed by atoms with E-state index in [0.29, 0.717) is 13.2 Å². The van der Waals surface area contributed by atoms with E-state index < -0.39 is 0 Å². The number of likely N-dealkylation sites (tertiary alicyclic amines) is 1. The van der Waals surface area contributed by atoms with Crippen molar-refractivity contribution >= 4 is 17.2 Å². The monoisotopic (exact) mass is 312 g/mol. The fourth-order valence-electron chi connectivity index (χ4n) is 2.47. The van der Waals surface area contributed by atoms with Gasteiger partial charge < -0.3 is 20.1 Å². The van der Waals surface area contributed by atoms with Crippen LogP contribution >= 0.6 is 11.3 Å². The van der Waals surface area contributed by atoms with Crippen LogP contribution in [0.2, 0.25) is 0 Å². The van der Waals surface area contributed by atoms with Crippen LogP contribution in [0.15, 0.2) is 12.1 Å². The van der Waals surface area contributed by atoms with E-state index in [4.69, 9.17) is 9.84 Å². The highest BCUT2D eigenvalue weighted by atomic mass is 32.1. The summed E-state index contributed by atoms with van der Waals surface area (Å²) in [6, 6.07) is 4.15. The molecule has 0 unspecified atom stereocenters. The first kappa shape index (κ1) is 16.4. The van der Waals surface area contributed by atoms with Gasteiger partial charge >= 0.3 is 0 Å². The topological polar surface area (TPSA) is 61.8 Å². The molecule has 2 N–H and O–H groups in total. The average Bonchev–Trinajstić information content (AvgIpc) is 2.92. The third kappa shape index (κ3) is 5.39. The molecule has 1 saturated heterocycles. The molecule has 21 heavy (non-hydrogen) atoms. The molecular weight excluding hydrogens is 288 g/mol. The van der Waals surface area contributed by atoms with Crippen molar-refractivity contribution < 1.29 is 14.6 Å². The number of thiophene rings is 1. The van der Waals surface area contributed by atoms with Crippen molar-refractivity contribution in [3.05, 3.63) is 21.9 Å². The van der Waals surface area contributed by atoms with Gasteiger partial charge in [-0.15, -0.1) is 11.3 Å². The molecule has 6 heteroatoms. The molecule has 1 aromatic heterocycles. The molecule has 5 nitrogen and oxygen atoms in total. The summed E-state index contributed by atoms with van der Waals surface area (Å²) >= 11 is 1.54. The van der Waals surface area contributed by atoms with Crippen LogP contribution in [0.4, 0.5) is 0 Å². The average molecular weight is 312 g/mol. The molecule has 0 radical (unpaired) electrons. The molecule has 0 bridgehead atoms. The van der Waals surface area contributed by atoms with Crippen LogP contribution in [0.25, 0.3) is 0 Å². The number of hydrogen-bond acceptors (Lipinski definition) is 5. The molecule has 0 spiro atoms. The standard InChI is InChI=1S/C15H24N2O3S/c1-12-2-3-14(21-12)15(19)16-13-4-6-17(7-5-13)8-10-20-11-9-18/h2-3,13,18H,4-11H2,1H3,(H,16,19). The van der Waals surface area contributed by atoms with Gasteiger partial charge in [-0.25, -0.2) is 0 Å². The Balaban J connectivity index is 1.66. The summed E-state index contributed by atoms with van der Waals surface area (Å²) in [5, 5.41) is 11.8. The molecule has 1 fully saturated rings. The highest BCUT2D eigenvalue weighted by molar-refractivity contribution is 7.13. The van der Waals surface area contributed by atoms with Gasteiger partial charge in [0.1, 0.15) is 0 Å². The summed E-state index contributed by atoms with van der Waals surface area (Å²) in [6.07, 6.45) is 1.96. The first-order valence-electron chi connectivity index (χ1n) is 7.47. The summed E-state index contributed by atoms with van der Waals surface area (Å²) in [5.41, 5.74) is 0. The Labute approximate surface area is 129 Å². The van der Waals surface area contributed by atoms with Crippen molar-refractivity contribution in [3.8, 4) is 0 Å². The quantitative estimate of drug-likeness (QED) is 0.744. The highest BCUT2D eigenvalue weighted by Gasteiger charge is 2.21. The van der Waals surface area contributed by atoms with Crippen LogP contribution in [-0.4, -0.2) is 61.4 Å². The van der Waals surface area contributed by atoms with Gasteiger partial charge in [0.2, 0.25) is 0 Å². The maximum absolute atomic E-state index is 12.1. The Kier molecular flexibility index (Phi) is 6.63. The number of aliphatic hydroxyl groups excluding tert-OH is 1. The minimum absolute atomic E-state index is 0.0535. The Morgan fingerprint density at radius 1 is 1.43 bits per heavy atom. The number of hydrogen-bond donors (Lipinski definition) is 2. The van der Waals surface area contributed by atoms with Crippen LogP contribution in [0.5, 0.6) is 0 Å². The van der Waals surface area contributed by atoms with Gasteiger partial charge in [-0.3, -0.25) is 4.79 Å². The Bertz CT molecular complexity index is 442. The number of amides is 1. The number of carbonyl (C=O) groups excluding carboxylic acids is 1. The van der Waals surface area contributed by atoms with Crippen molar-refractivity contribution in [1.29, 1.82) is 0 Å². The van der Waals surface area contributed by atoms with E-state index in [-0.39, 0.29) is 18.6 Å². The molecule has 2 heterocycles. The maximum atomic E-state index is 12.1. The van der Waals surface area contributed by atoms with E-state index in [1.54, 1.807) is 11.3 Å². The lowest BCUT2D eigenvalue weighted by Gasteiger charge is -2.32. The molecule has 1 aromatic rings. The Hall–Kier alpha value is -0.950. The van der Waals surface area contributed by atoms with Crippen LogP contribution in [0.1, 0.15) is 27.4 Å². The first-order chi connectivity index (χ1) is 10.2. The number of ether oxygens (including phenoxy) is 1. The molecule has 1 aliphatic rings. The minimum atomic E-state index is 0.0535. The zero-order chi connectivity index (χ0) is 15.1. The summed E-state index contributed by atoms with van der Waals surface area (Å²) in [4.78, 5) is 16.4. The molecule has 2 rings (SSSR count). The summed E-state index contributed by atoms with van der Waals surface area (Å²) in [7, 11) is 0. The van der Waals surface area contributed by atoms with Crippen molar-refractivity contribution in [2.45, 2.75) is 25.8 Å². The third-order valence-corrected chi connectivity index (χ3v) is 4.67. The molecule has 0 saturated carbocycles. The summed E-state index contributed by atoms with van der Waals surface area (Å²) in [5.74, 6) is 0.0535. The van der Waals surface area contributed by atoms with E-state index in [1.165, 1.54) is 0 Å². The molecule has 1 aliphatic heterocycles. The second-order valence-electron chi connectivity index (χ2n) is 5.34. The van der Waals surface area contributed by atoms with Crippen molar-refractivity contribution in [3.63, 3.8) is 0 Å². The number of nitrogens with zero attached hydrogens (tertiary/aromatic N) is 1. The zero-order valence-electron chi connectivity index (χ0n) is 12.5. The lowest BCUT2D eigenvalue weighted by molar-refractivity contribution is 0.0657. The van der Waals surface area contributed by atoms with E-state index in [9.17, 15) is 4.79 Å². The predicted molar refractivity (Wildman–Crippen MR) is 83.9 cm³/mol. The molecule has 0 atom stereocenters. The fourth-order valence-corrected chi connectivity index (χ4v) is 3.24. The van der Waals surface area contributed by atoms with E-state index in [1.807, 2.05) is 19.1 Å². The van der Waals surface area contributed by atoms with Crippen LogP contribution in [0, 0.1) is 6.92 Å². The van der Waals surface area contributed by atoms with Crippen molar-refractivity contribution in [1.82, 2.24) is 10.2 Å². The third-order valence-electron chi connectivity index (χ3n) is 3.67. The lowest BCUT2D eigenvalue weighted by Crippen LogP contribution is -2.45. The highest BCUT2D eigenvalue weighted by Crippen LogP contribution is 2.16. The first-order valence-corrected chi connectivity index (χ1v) is 8.29. The predicted octanol–water partition coefficient (Wildman–Crippen LogP) is 1.26. The van der Waals surface area contributed by atoms with Crippen LogP contribution in [-0.2, 0) is 4.74 Å². The van der Waals surface area contributed by atoms with Crippen LogP contribution in [0.3, 0.4) is 0 Å². The van der Waals surface area contributed by atoms with Gasteiger partial charge in [0.05, 0.1) is 24.7 Å². The van der Waals surface area contributed by atoms with Gasteiger partial charge in [-0.1, -0.05) is 0 Å². The fraction of sp³-hybridized carbons (Fsp3) is 0.667. The lowest BCUT2D eigenvalue weighted by atomic mass is 10.1. The van der Waals surface area contributed by atoms with Gasteiger partial charge in [-0.2, -0.15) is 0 Å². The molecule has 1 amide bonds. The second kappa shape index (κ2) is 8.48. The SMILES string of the molecule is Cc1ccc(C(=O)NC2CCN(CCOCCO)CC2)s1. The largest absolute Gasteiger partial charge is 0.394 e. The number of carbonyl (C=O) groups is 1. The van der Waals surface area contributed by atoms with Crippen molar-refractivity contribution in [2.75, 3.05) is 39.5 Å². The minimum Gasteiger partial charge on any atom is -0.394 e. The van der Waals surface area contributed by atoms with E-state index in [0.717, 1.165) is 42.2 Å². The summed E-state index contributed by atoms with van der Waals surface area (Å²) in [6.45, 7) is 6.02. The number of aryl methyl sites for hydroxylation is 1.